The lowest BCUT2D eigenvalue weighted by atomic mass is 10.0. The van der Waals surface area contributed by atoms with Crippen LogP contribution in [0.1, 0.15) is 30.9 Å². The minimum absolute atomic E-state index is 0.110. The van der Waals surface area contributed by atoms with Gasteiger partial charge < -0.3 is 10.2 Å². The number of sulfonamides is 1. The van der Waals surface area contributed by atoms with E-state index in [1.165, 1.54) is 4.90 Å². The number of rotatable bonds is 13. The molecule has 7 nitrogen and oxygen atoms in total. The van der Waals surface area contributed by atoms with E-state index in [0.29, 0.717) is 17.3 Å². The minimum Gasteiger partial charge on any atom is -0.354 e. The molecule has 0 spiro atoms. The molecule has 208 valence electrons. The third kappa shape index (κ3) is 9.51. The fraction of sp³-hybridized carbons (Fsp3) is 0.310. The number of halogens is 2. The molecule has 2 amide bonds. The Morgan fingerprint density at radius 3 is 2.18 bits per heavy atom. The van der Waals surface area contributed by atoms with Crippen LogP contribution >= 0.6 is 34.2 Å². The van der Waals surface area contributed by atoms with Crippen molar-refractivity contribution >= 4 is 61.7 Å². The maximum atomic E-state index is 14.0. The smallest absolute Gasteiger partial charge is 0.244 e. The molecular formula is C29H33ClIN3O4S. The molecule has 3 aromatic carbocycles. The van der Waals surface area contributed by atoms with Crippen molar-refractivity contribution in [3.05, 3.63) is 98.6 Å². The summed E-state index contributed by atoms with van der Waals surface area (Å²) >= 11 is 8.22. The SMILES string of the molecule is CCCCNC(=O)C(Cc1ccccc1)N(Cc1ccc(Cl)cc1)C(=O)CN(c1ccc(I)cc1)S(C)(=O)=O. The number of unbranched alkanes of at least 4 members (excludes halogenated alkanes) is 1. The summed E-state index contributed by atoms with van der Waals surface area (Å²) in [6.07, 6.45) is 3.07. The average molecular weight is 682 g/mol. The van der Waals surface area contributed by atoms with E-state index in [0.717, 1.165) is 38.1 Å². The van der Waals surface area contributed by atoms with Crippen molar-refractivity contribution in [2.45, 2.75) is 38.8 Å². The Bertz CT molecular complexity index is 1340. The molecule has 0 bridgehead atoms. The van der Waals surface area contributed by atoms with Gasteiger partial charge in [-0.05, 0) is 76.5 Å². The fourth-order valence-electron chi connectivity index (χ4n) is 4.07. The fourth-order valence-corrected chi connectivity index (χ4v) is 5.40. The number of benzene rings is 3. The molecule has 39 heavy (non-hydrogen) atoms. The van der Waals surface area contributed by atoms with E-state index in [2.05, 4.69) is 27.9 Å². The van der Waals surface area contributed by atoms with Crippen LogP contribution in [0.25, 0.3) is 0 Å². The van der Waals surface area contributed by atoms with Crippen molar-refractivity contribution < 1.29 is 18.0 Å². The minimum atomic E-state index is -3.79. The molecular weight excluding hydrogens is 649 g/mol. The van der Waals surface area contributed by atoms with Crippen molar-refractivity contribution in [1.29, 1.82) is 0 Å². The largest absolute Gasteiger partial charge is 0.354 e. The highest BCUT2D eigenvalue weighted by Gasteiger charge is 2.32. The van der Waals surface area contributed by atoms with Gasteiger partial charge in [0.2, 0.25) is 21.8 Å². The predicted octanol–water partition coefficient (Wildman–Crippen LogP) is 5.27. The molecule has 0 saturated carbocycles. The van der Waals surface area contributed by atoms with Crippen LogP contribution < -0.4 is 9.62 Å². The summed E-state index contributed by atoms with van der Waals surface area (Å²) < 4.78 is 27.6. The van der Waals surface area contributed by atoms with Crippen LogP contribution in [0.2, 0.25) is 5.02 Å². The molecule has 0 aliphatic rings. The first-order valence-corrected chi connectivity index (χ1v) is 16.0. The molecule has 0 radical (unpaired) electrons. The molecule has 0 aliphatic heterocycles. The lowest BCUT2D eigenvalue weighted by molar-refractivity contribution is -0.140. The molecule has 0 aliphatic carbocycles. The number of carbonyl (C=O) groups is 2. The van der Waals surface area contributed by atoms with Gasteiger partial charge in [-0.15, -0.1) is 0 Å². The third-order valence-electron chi connectivity index (χ3n) is 6.16. The number of carbonyl (C=O) groups excluding carboxylic acids is 2. The van der Waals surface area contributed by atoms with E-state index in [9.17, 15) is 18.0 Å². The van der Waals surface area contributed by atoms with Crippen LogP contribution in [-0.4, -0.2) is 50.5 Å². The summed E-state index contributed by atoms with van der Waals surface area (Å²) in [5, 5.41) is 3.52. The molecule has 0 heterocycles. The molecule has 0 aromatic heterocycles. The molecule has 0 fully saturated rings. The first-order chi connectivity index (χ1) is 18.6. The van der Waals surface area contributed by atoms with E-state index in [1.807, 2.05) is 37.3 Å². The van der Waals surface area contributed by atoms with Gasteiger partial charge >= 0.3 is 0 Å². The average Bonchev–Trinajstić information content (AvgIpc) is 2.91. The van der Waals surface area contributed by atoms with Crippen molar-refractivity contribution in [3.8, 4) is 0 Å². The highest BCUT2D eigenvalue weighted by atomic mass is 127. The van der Waals surface area contributed by atoms with Gasteiger partial charge in [0, 0.05) is 28.1 Å². The van der Waals surface area contributed by atoms with Crippen molar-refractivity contribution in [2.24, 2.45) is 0 Å². The zero-order valence-corrected chi connectivity index (χ0v) is 25.7. The van der Waals surface area contributed by atoms with Crippen molar-refractivity contribution in [1.82, 2.24) is 10.2 Å². The quantitative estimate of drug-likeness (QED) is 0.197. The van der Waals surface area contributed by atoms with Gasteiger partial charge in [0.15, 0.2) is 0 Å². The Morgan fingerprint density at radius 1 is 0.949 bits per heavy atom. The monoisotopic (exact) mass is 681 g/mol. The molecule has 10 heteroatoms. The second kappa shape index (κ2) is 14.7. The lowest BCUT2D eigenvalue weighted by Crippen LogP contribution is -2.53. The molecule has 3 rings (SSSR count). The van der Waals surface area contributed by atoms with Gasteiger partial charge in [-0.1, -0.05) is 67.4 Å². The lowest BCUT2D eigenvalue weighted by Gasteiger charge is -2.33. The Balaban J connectivity index is 2.01. The van der Waals surface area contributed by atoms with Crippen LogP contribution in [-0.2, 0) is 32.6 Å². The summed E-state index contributed by atoms with van der Waals surface area (Å²) in [5.41, 5.74) is 2.04. The molecule has 1 N–H and O–H groups in total. The summed E-state index contributed by atoms with van der Waals surface area (Å²) in [4.78, 5) is 29.0. The number of nitrogens with one attached hydrogen (secondary N) is 1. The van der Waals surface area contributed by atoms with Crippen LogP contribution in [0.15, 0.2) is 78.9 Å². The first kappa shape index (κ1) is 30.9. The van der Waals surface area contributed by atoms with Gasteiger partial charge in [-0.3, -0.25) is 13.9 Å². The summed E-state index contributed by atoms with van der Waals surface area (Å²) in [5.74, 6) is -0.768. The second-order valence-corrected chi connectivity index (χ2v) is 12.8. The zero-order valence-electron chi connectivity index (χ0n) is 22.0. The topological polar surface area (TPSA) is 86.8 Å². The number of hydrogen-bond acceptors (Lipinski definition) is 4. The Kier molecular flexibility index (Phi) is 11.6. The highest BCUT2D eigenvalue weighted by Crippen LogP contribution is 2.22. The maximum absolute atomic E-state index is 14.0. The Morgan fingerprint density at radius 2 is 1.59 bits per heavy atom. The van der Waals surface area contributed by atoms with Crippen LogP contribution in [0.3, 0.4) is 0 Å². The van der Waals surface area contributed by atoms with Crippen LogP contribution in [0.4, 0.5) is 5.69 Å². The third-order valence-corrected chi connectivity index (χ3v) is 8.27. The predicted molar refractivity (Wildman–Crippen MR) is 165 cm³/mol. The number of anilines is 1. The first-order valence-electron chi connectivity index (χ1n) is 12.7. The van der Waals surface area contributed by atoms with E-state index >= 15 is 0 Å². The van der Waals surface area contributed by atoms with Crippen LogP contribution in [0, 0.1) is 3.57 Å². The summed E-state index contributed by atoms with van der Waals surface area (Å²) in [6.45, 7) is 2.19. The van der Waals surface area contributed by atoms with Gasteiger partial charge in [0.05, 0.1) is 11.9 Å². The van der Waals surface area contributed by atoms with Crippen LogP contribution in [0.5, 0.6) is 0 Å². The van der Waals surface area contributed by atoms with E-state index in [4.69, 9.17) is 11.6 Å². The van der Waals surface area contributed by atoms with Gasteiger partial charge in [-0.25, -0.2) is 8.42 Å². The second-order valence-electron chi connectivity index (χ2n) is 9.24. The number of nitrogens with zero attached hydrogens (tertiary/aromatic N) is 2. The highest BCUT2D eigenvalue weighted by molar-refractivity contribution is 14.1. The number of amides is 2. The van der Waals surface area contributed by atoms with Gasteiger partial charge in [0.25, 0.3) is 0 Å². The zero-order chi connectivity index (χ0) is 28.4. The Labute approximate surface area is 249 Å². The van der Waals surface area contributed by atoms with Gasteiger partial charge in [0.1, 0.15) is 12.6 Å². The molecule has 1 atom stereocenters. The van der Waals surface area contributed by atoms with E-state index < -0.39 is 28.5 Å². The normalized spacial score (nSPS) is 12.0. The van der Waals surface area contributed by atoms with Crippen molar-refractivity contribution in [3.63, 3.8) is 0 Å². The maximum Gasteiger partial charge on any atom is 0.244 e. The van der Waals surface area contributed by atoms with Crippen molar-refractivity contribution in [2.75, 3.05) is 23.7 Å². The Hall–Kier alpha value is -2.63. The molecule has 3 aromatic rings. The van der Waals surface area contributed by atoms with E-state index in [1.54, 1.807) is 48.5 Å². The molecule has 0 saturated heterocycles. The van der Waals surface area contributed by atoms with Gasteiger partial charge in [-0.2, -0.15) is 0 Å². The summed E-state index contributed by atoms with van der Waals surface area (Å²) in [6, 6.07) is 22.6. The standard InChI is InChI=1S/C29H33ClIN3O4S/c1-3-4-18-32-29(36)27(19-22-8-6-5-7-9-22)33(20-23-10-12-24(30)13-11-23)28(35)21-34(39(2,37)38)26-16-14-25(31)15-17-26/h5-17,27H,3-4,18-21H2,1-2H3,(H,32,36). The number of hydrogen-bond donors (Lipinski definition) is 1. The molecule has 1 unspecified atom stereocenters. The summed E-state index contributed by atoms with van der Waals surface area (Å²) in [7, 11) is -3.79. The van der Waals surface area contributed by atoms with E-state index in [-0.39, 0.29) is 18.9 Å².